The minimum atomic E-state index is -0.132. The average Bonchev–Trinajstić information content (AvgIpc) is 2.50. The van der Waals surface area contributed by atoms with Crippen LogP contribution in [0.1, 0.15) is 41.6 Å². The minimum absolute atomic E-state index is 0.0648. The molecule has 0 bridgehead atoms. The van der Waals surface area contributed by atoms with Crippen LogP contribution >= 0.6 is 15.9 Å². The second kappa shape index (κ2) is 6.19. The number of benzene rings is 1. The number of hydrogen-bond acceptors (Lipinski definition) is 3. The normalized spacial score (nSPS) is 25.0. The maximum absolute atomic E-state index is 12.9. The average molecular weight is 353 g/mol. The third kappa shape index (κ3) is 3.08. The van der Waals surface area contributed by atoms with E-state index in [-0.39, 0.29) is 17.3 Å². The number of carbonyl (C=O) groups is 1. The first-order chi connectivity index (χ1) is 10.1. The molecule has 0 aromatic heterocycles. The molecule has 21 heavy (non-hydrogen) atoms. The summed E-state index contributed by atoms with van der Waals surface area (Å²) < 4.78 is 12.4. The molecule has 0 saturated carbocycles. The standard InChI is InChI=1S/C17H21BrO3/c1-12-3-2-4-14(15(12)18)16(19)13-5-8-21-17(11-13)6-9-20-10-7-17/h2-4,13H,5-11H2,1H3. The predicted octanol–water partition coefficient (Wildman–Crippen LogP) is 3.92. The Bertz CT molecular complexity index is 529. The number of carbonyl (C=O) groups excluding carboxylic acids is 1. The van der Waals surface area contributed by atoms with E-state index in [0.717, 1.165) is 54.5 Å². The summed E-state index contributed by atoms with van der Waals surface area (Å²) in [6.07, 6.45) is 3.47. The van der Waals surface area contributed by atoms with E-state index in [0.29, 0.717) is 6.61 Å². The SMILES string of the molecule is Cc1cccc(C(=O)C2CCOC3(CCOCC3)C2)c1Br. The van der Waals surface area contributed by atoms with Gasteiger partial charge < -0.3 is 9.47 Å². The smallest absolute Gasteiger partial charge is 0.167 e. The molecule has 1 atom stereocenters. The van der Waals surface area contributed by atoms with Crippen LogP contribution in [0.15, 0.2) is 22.7 Å². The van der Waals surface area contributed by atoms with Crippen molar-refractivity contribution in [3.8, 4) is 0 Å². The first-order valence-corrected chi connectivity index (χ1v) is 8.42. The van der Waals surface area contributed by atoms with Gasteiger partial charge in [-0.05, 0) is 54.1 Å². The molecular weight excluding hydrogens is 332 g/mol. The number of ketones is 1. The molecule has 2 heterocycles. The van der Waals surface area contributed by atoms with Crippen molar-refractivity contribution in [2.75, 3.05) is 19.8 Å². The topological polar surface area (TPSA) is 35.5 Å². The Hall–Kier alpha value is -0.710. The summed E-state index contributed by atoms with van der Waals surface area (Å²) in [7, 11) is 0. The highest BCUT2D eigenvalue weighted by molar-refractivity contribution is 9.10. The van der Waals surface area contributed by atoms with Crippen molar-refractivity contribution < 1.29 is 14.3 Å². The zero-order valence-electron chi connectivity index (χ0n) is 12.4. The highest BCUT2D eigenvalue weighted by Crippen LogP contribution is 2.39. The second-order valence-electron chi connectivity index (χ2n) is 6.13. The zero-order valence-corrected chi connectivity index (χ0v) is 13.9. The van der Waals surface area contributed by atoms with Gasteiger partial charge in [-0.3, -0.25) is 4.79 Å². The highest BCUT2D eigenvalue weighted by Gasteiger charge is 2.41. The molecule has 3 nitrogen and oxygen atoms in total. The van der Waals surface area contributed by atoms with Crippen molar-refractivity contribution in [2.24, 2.45) is 5.92 Å². The van der Waals surface area contributed by atoms with Gasteiger partial charge in [0.1, 0.15) is 0 Å². The van der Waals surface area contributed by atoms with Crippen molar-refractivity contribution in [1.82, 2.24) is 0 Å². The summed E-state index contributed by atoms with van der Waals surface area (Å²) >= 11 is 3.56. The van der Waals surface area contributed by atoms with E-state index in [1.807, 2.05) is 25.1 Å². The monoisotopic (exact) mass is 352 g/mol. The molecule has 1 aromatic carbocycles. The minimum Gasteiger partial charge on any atom is -0.381 e. The summed E-state index contributed by atoms with van der Waals surface area (Å²) in [4.78, 5) is 12.9. The molecule has 0 amide bonds. The first kappa shape index (κ1) is 15.2. The van der Waals surface area contributed by atoms with Gasteiger partial charge in [0, 0.05) is 35.8 Å². The number of halogens is 1. The second-order valence-corrected chi connectivity index (χ2v) is 6.93. The van der Waals surface area contributed by atoms with Gasteiger partial charge in [0.2, 0.25) is 0 Å². The first-order valence-electron chi connectivity index (χ1n) is 7.62. The number of ether oxygens (including phenoxy) is 2. The van der Waals surface area contributed by atoms with Gasteiger partial charge >= 0.3 is 0 Å². The van der Waals surface area contributed by atoms with E-state index in [1.165, 1.54) is 0 Å². The summed E-state index contributed by atoms with van der Waals surface area (Å²) in [5.41, 5.74) is 1.78. The molecule has 2 aliphatic rings. The lowest BCUT2D eigenvalue weighted by molar-refractivity contribution is -0.142. The van der Waals surface area contributed by atoms with Crippen LogP contribution in [0, 0.1) is 12.8 Å². The van der Waals surface area contributed by atoms with Gasteiger partial charge in [-0.1, -0.05) is 18.2 Å². The molecule has 1 aromatic rings. The lowest BCUT2D eigenvalue weighted by Gasteiger charge is -2.43. The lowest BCUT2D eigenvalue weighted by atomic mass is 9.78. The van der Waals surface area contributed by atoms with E-state index in [1.54, 1.807) is 0 Å². The van der Waals surface area contributed by atoms with Gasteiger partial charge in [-0.25, -0.2) is 0 Å². The van der Waals surface area contributed by atoms with Gasteiger partial charge in [-0.2, -0.15) is 0 Å². The Labute approximate surface area is 134 Å². The highest BCUT2D eigenvalue weighted by atomic mass is 79.9. The van der Waals surface area contributed by atoms with Crippen molar-refractivity contribution in [3.63, 3.8) is 0 Å². The molecule has 114 valence electrons. The summed E-state index contributed by atoms with van der Waals surface area (Å²) in [6.45, 7) is 4.19. The molecule has 0 N–H and O–H groups in total. The van der Waals surface area contributed by atoms with Gasteiger partial charge in [0.15, 0.2) is 5.78 Å². The molecule has 1 unspecified atom stereocenters. The number of Topliss-reactive ketones (excluding diaryl/α,β-unsaturated/α-hetero) is 1. The van der Waals surface area contributed by atoms with Crippen LogP contribution in [0.25, 0.3) is 0 Å². The van der Waals surface area contributed by atoms with E-state index in [9.17, 15) is 4.79 Å². The van der Waals surface area contributed by atoms with E-state index in [2.05, 4.69) is 15.9 Å². The molecule has 0 radical (unpaired) electrons. The molecule has 2 fully saturated rings. The van der Waals surface area contributed by atoms with Crippen LogP contribution in [-0.2, 0) is 9.47 Å². The maximum Gasteiger partial charge on any atom is 0.167 e. The summed E-state index contributed by atoms with van der Waals surface area (Å²) in [6, 6.07) is 5.90. The largest absolute Gasteiger partial charge is 0.381 e. The molecule has 2 aliphatic heterocycles. The molecule has 3 rings (SSSR count). The predicted molar refractivity (Wildman–Crippen MR) is 84.7 cm³/mol. The Balaban J connectivity index is 1.79. The molecular formula is C17H21BrO3. The Morgan fingerprint density at radius 1 is 1.29 bits per heavy atom. The van der Waals surface area contributed by atoms with Gasteiger partial charge in [0.05, 0.1) is 5.60 Å². The van der Waals surface area contributed by atoms with E-state index in [4.69, 9.17) is 9.47 Å². The maximum atomic E-state index is 12.9. The number of aryl methyl sites for hydroxylation is 1. The Kier molecular flexibility index (Phi) is 4.48. The lowest BCUT2D eigenvalue weighted by Crippen LogP contribution is -2.45. The fraction of sp³-hybridized carbons (Fsp3) is 0.588. The van der Waals surface area contributed by atoms with Crippen LogP contribution in [-0.4, -0.2) is 31.2 Å². The molecule has 2 saturated heterocycles. The summed E-state index contributed by atoms with van der Waals surface area (Å²) in [5, 5.41) is 0. The molecule has 0 aliphatic carbocycles. The number of rotatable bonds is 2. The van der Waals surface area contributed by atoms with Crippen LogP contribution in [0.2, 0.25) is 0 Å². The zero-order chi connectivity index (χ0) is 14.9. The van der Waals surface area contributed by atoms with Crippen LogP contribution in [0.4, 0.5) is 0 Å². The van der Waals surface area contributed by atoms with Crippen molar-refractivity contribution in [2.45, 2.75) is 38.2 Å². The fourth-order valence-corrected chi connectivity index (χ4v) is 3.86. The Morgan fingerprint density at radius 2 is 2.05 bits per heavy atom. The van der Waals surface area contributed by atoms with E-state index >= 15 is 0 Å². The quantitative estimate of drug-likeness (QED) is 0.756. The van der Waals surface area contributed by atoms with Crippen molar-refractivity contribution in [3.05, 3.63) is 33.8 Å². The van der Waals surface area contributed by atoms with Crippen LogP contribution in [0.5, 0.6) is 0 Å². The molecule has 1 spiro atoms. The van der Waals surface area contributed by atoms with Crippen LogP contribution in [0.3, 0.4) is 0 Å². The van der Waals surface area contributed by atoms with Crippen molar-refractivity contribution in [1.29, 1.82) is 0 Å². The summed E-state index contributed by atoms with van der Waals surface area (Å²) in [5.74, 6) is 0.315. The number of hydrogen-bond donors (Lipinski definition) is 0. The van der Waals surface area contributed by atoms with Gasteiger partial charge in [0.25, 0.3) is 0 Å². The third-order valence-corrected chi connectivity index (χ3v) is 5.78. The van der Waals surface area contributed by atoms with Crippen LogP contribution < -0.4 is 0 Å². The third-order valence-electron chi connectivity index (χ3n) is 4.73. The van der Waals surface area contributed by atoms with Crippen molar-refractivity contribution >= 4 is 21.7 Å². The molecule has 4 heteroatoms. The van der Waals surface area contributed by atoms with E-state index < -0.39 is 0 Å². The Morgan fingerprint density at radius 3 is 2.81 bits per heavy atom. The van der Waals surface area contributed by atoms with Gasteiger partial charge in [-0.15, -0.1) is 0 Å². The fourth-order valence-electron chi connectivity index (χ4n) is 3.40.